The minimum absolute atomic E-state index is 0.520. The van der Waals surface area contributed by atoms with Gasteiger partial charge in [-0.2, -0.15) is 0 Å². The molecule has 0 spiro atoms. The van der Waals surface area contributed by atoms with Gasteiger partial charge in [0.15, 0.2) is 5.96 Å². The van der Waals surface area contributed by atoms with Crippen LogP contribution in [0.4, 0.5) is 0 Å². The molecule has 2 aromatic rings. The molecule has 0 bridgehead atoms. The summed E-state index contributed by atoms with van der Waals surface area (Å²) in [7, 11) is 0. The molecule has 1 aromatic carbocycles. The van der Waals surface area contributed by atoms with Gasteiger partial charge in [0.25, 0.3) is 0 Å². The van der Waals surface area contributed by atoms with Gasteiger partial charge in [0.05, 0.1) is 11.9 Å². The smallest absolute Gasteiger partial charge is 0.191 e. The van der Waals surface area contributed by atoms with Crippen molar-refractivity contribution in [2.24, 2.45) is 4.99 Å². The van der Waals surface area contributed by atoms with Gasteiger partial charge < -0.3 is 15.6 Å². The Hall–Kier alpha value is -2.34. The van der Waals surface area contributed by atoms with Crippen molar-refractivity contribution in [3.05, 3.63) is 42.4 Å². The first-order chi connectivity index (χ1) is 13.5. The lowest BCUT2D eigenvalue weighted by molar-refractivity contribution is 0.173. The molecule has 0 aliphatic heterocycles. The number of benzene rings is 1. The van der Waals surface area contributed by atoms with E-state index >= 15 is 0 Å². The molecule has 0 fully saturated rings. The lowest BCUT2D eigenvalue weighted by Gasteiger charge is -2.30. The molecule has 0 unspecified atom stereocenters. The highest BCUT2D eigenvalue weighted by Gasteiger charge is 2.12. The highest BCUT2D eigenvalue weighted by molar-refractivity contribution is 5.79. The van der Waals surface area contributed by atoms with Crippen LogP contribution in [0.1, 0.15) is 46.9 Å². The first-order valence-electron chi connectivity index (χ1n) is 10.4. The van der Waals surface area contributed by atoms with Crippen LogP contribution in [0.3, 0.4) is 0 Å². The highest BCUT2D eigenvalue weighted by Crippen LogP contribution is 2.16. The lowest BCUT2D eigenvalue weighted by atomic mass is 10.2. The second-order valence-electron chi connectivity index (χ2n) is 7.51. The zero-order valence-electron chi connectivity index (χ0n) is 18.0. The Morgan fingerprint density at radius 3 is 2.46 bits per heavy atom. The summed E-state index contributed by atoms with van der Waals surface area (Å²) in [6, 6.07) is 11.4. The topological polar surface area (TPSA) is 68.3 Å². The average Bonchev–Trinajstić information content (AvgIpc) is 3.15. The summed E-state index contributed by atoms with van der Waals surface area (Å²) >= 11 is 0. The van der Waals surface area contributed by atoms with Gasteiger partial charge in [-0.1, -0.05) is 30.3 Å². The molecule has 28 heavy (non-hydrogen) atoms. The normalized spacial score (nSPS) is 12.2. The molecule has 1 heterocycles. The Balaban J connectivity index is 1.86. The van der Waals surface area contributed by atoms with Crippen LogP contribution in [0.25, 0.3) is 11.3 Å². The fourth-order valence-electron chi connectivity index (χ4n) is 3.28. The van der Waals surface area contributed by atoms with Crippen molar-refractivity contribution in [3.63, 3.8) is 0 Å². The van der Waals surface area contributed by atoms with Crippen LogP contribution in [0, 0.1) is 0 Å². The number of hydrogen-bond acceptors (Lipinski definition) is 3. The average molecular weight is 385 g/mol. The number of nitrogens with one attached hydrogen (secondary N) is 3. The van der Waals surface area contributed by atoms with Gasteiger partial charge in [0, 0.05) is 31.7 Å². The van der Waals surface area contributed by atoms with Crippen LogP contribution >= 0.6 is 0 Å². The number of H-pyrrole nitrogens is 1. The van der Waals surface area contributed by atoms with Gasteiger partial charge in [-0.25, -0.2) is 9.98 Å². The Morgan fingerprint density at radius 2 is 1.82 bits per heavy atom. The minimum atomic E-state index is 0.520. The number of imidazole rings is 1. The molecule has 0 saturated heterocycles. The van der Waals surface area contributed by atoms with Crippen LogP contribution < -0.4 is 10.6 Å². The van der Waals surface area contributed by atoms with Crippen LogP contribution in [0.5, 0.6) is 0 Å². The predicted molar refractivity (Wildman–Crippen MR) is 118 cm³/mol. The van der Waals surface area contributed by atoms with E-state index in [0.29, 0.717) is 18.6 Å². The van der Waals surface area contributed by atoms with Crippen molar-refractivity contribution in [3.8, 4) is 11.3 Å². The number of nitrogens with zero attached hydrogens (tertiary/aromatic N) is 3. The van der Waals surface area contributed by atoms with Crippen molar-refractivity contribution >= 4 is 5.96 Å². The maximum Gasteiger partial charge on any atom is 0.191 e. The molecule has 6 heteroatoms. The predicted octanol–water partition coefficient (Wildman–Crippen LogP) is 3.64. The van der Waals surface area contributed by atoms with Gasteiger partial charge in [0.2, 0.25) is 0 Å². The molecule has 0 amide bonds. The van der Waals surface area contributed by atoms with E-state index in [1.165, 1.54) is 0 Å². The molecular formula is C22H36N6. The number of aliphatic imine (C=N–C) groups is 1. The molecule has 1 aromatic heterocycles. The van der Waals surface area contributed by atoms with Crippen LogP contribution in [-0.2, 0) is 6.54 Å². The molecule has 0 saturated carbocycles. The summed E-state index contributed by atoms with van der Waals surface area (Å²) in [5, 5.41) is 6.74. The largest absolute Gasteiger partial charge is 0.357 e. The van der Waals surface area contributed by atoms with E-state index < -0.39 is 0 Å². The molecule has 0 aliphatic carbocycles. The van der Waals surface area contributed by atoms with E-state index in [9.17, 15) is 0 Å². The molecule has 154 valence electrons. The third-order valence-electron chi connectivity index (χ3n) is 4.66. The van der Waals surface area contributed by atoms with Gasteiger partial charge in [-0.3, -0.25) is 4.90 Å². The molecule has 0 aliphatic rings. The van der Waals surface area contributed by atoms with Crippen molar-refractivity contribution in [2.75, 3.05) is 19.6 Å². The fourth-order valence-corrected chi connectivity index (χ4v) is 3.28. The number of aromatic nitrogens is 2. The maximum atomic E-state index is 4.66. The van der Waals surface area contributed by atoms with Gasteiger partial charge in [-0.15, -0.1) is 0 Å². The standard InChI is InChI=1S/C22H36N6/c1-6-23-22(24-13-10-14-28(17(2)3)18(4)5)26-16-21-25-15-20(27-21)19-11-8-7-9-12-19/h7-9,11-12,15,17-18H,6,10,13-14,16H2,1-5H3,(H,25,27)(H2,23,24,26). The van der Waals surface area contributed by atoms with E-state index in [4.69, 9.17) is 0 Å². The quantitative estimate of drug-likeness (QED) is 0.332. The highest BCUT2D eigenvalue weighted by atomic mass is 15.2. The monoisotopic (exact) mass is 384 g/mol. The zero-order valence-corrected chi connectivity index (χ0v) is 18.0. The van der Waals surface area contributed by atoms with Gasteiger partial charge in [-0.05, 0) is 46.6 Å². The molecule has 3 N–H and O–H groups in total. The second-order valence-corrected chi connectivity index (χ2v) is 7.51. The van der Waals surface area contributed by atoms with Gasteiger partial charge >= 0.3 is 0 Å². The number of rotatable bonds is 10. The van der Waals surface area contributed by atoms with Crippen LogP contribution in [0.2, 0.25) is 0 Å². The van der Waals surface area contributed by atoms with E-state index in [1.807, 2.05) is 24.4 Å². The Kier molecular flexibility index (Phi) is 9.01. The van der Waals surface area contributed by atoms with Crippen LogP contribution in [0.15, 0.2) is 41.5 Å². The molecular weight excluding hydrogens is 348 g/mol. The molecule has 0 radical (unpaired) electrons. The van der Waals surface area contributed by atoms with E-state index in [2.05, 4.69) is 77.2 Å². The zero-order chi connectivity index (χ0) is 20.4. The summed E-state index contributed by atoms with van der Waals surface area (Å²) in [5.41, 5.74) is 2.15. The fraction of sp³-hybridized carbons (Fsp3) is 0.545. The van der Waals surface area contributed by atoms with Crippen molar-refractivity contribution in [1.29, 1.82) is 0 Å². The minimum Gasteiger partial charge on any atom is -0.357 e. The number of aromatic amines is 1. The Labute approximate surface area is 169 Å². The van der Waals surface area contributed by atoms with Crippen molar-refractivity contribution in [2.45, 2.75) is 59.7 Å². The van der Waals surface area contributed by atoms with Crippen LogP contribution in [-0.4, -0.2) is 52.5 Å². The second kappa shape index (κ2) is 11.5. The third-order valence-corrected chi connectivity index (χ3v) is 4.66. The summed E-state index contributed by atoms with van der Waals surface area (Å²) in [4.78, 5) is 15.0. The number of guanidine groups is 1. The summed E-state index contributed by atoms with van der Waals surface area (Å²) < 4.78 is 0. The first kappa shape index (κ1) is 22.0. The lowest BCUT2D eigenvalue weighted by Crippen LogP contribution is -2.41. The van der Waals surface area contributed by atoms with Crippen molar-refractivity contribution in [1.82, 2.24) is 25.5 Å². The molecule has 6 nitrogen and oxygen atoms in total. The molecule has 2 rings (SSSR count). The van der Waals surface area contributed by atoms with E-state index in [0.717, 1.165) is 49.1 Å². The Bertz CT molecular complexity index is 697. The summed E-state index contributed by atoms with van der Waals surface area (Å²) in [5.74, 6) is 1.70. The maximum absolute atomic E-state index is 4.66. The number of hydrogen-bond donors (Lipinski definition) is 3. The third kappa shape index (κ3) is 7.00. The van der Waals surface area contributed by atoms with E-state index in [-0.39, 0.29) is 0 Å². The summed E-state index contributed by atoms with van der Waals surface area (Å²) in [6.45, 7) is 14.4. The SMILES string of the molecule is CCNC(=NCc1ncc(-c2ccccc2)[nH]1)NCCCN(C(C)C)C(C)C. The van der Waals surface area contributed by atoms with E-state index in [1.54, 1.807) is 0 Å². The molecule has 0 atom stereocenters. The Morgan fingerprint density at radius 1 is 1.11 bits per heavy atom. The first-order valence-corrected chi connectivity index (χ1v) is 10.4. The van der Waals surface area contributed by atoms with Crippen molar-refractivity contribution < 1.29 is 0 Å². The summed E-state index contributed by atoms with van der Waals surface area (Å²) in [6.07, 6.45) is 2.95. The van der Waals surface area contributed by atoms with Gasteiger partial charge in [0.1, 0.15) is 12.4 Å².